The largest absolute Gasteiger partial charge is 0.489 e. The highest BCUT2D eigenvalue weighted by Crippen LogP contribution is 2.45. The standard InChI is InChI=1S/C20H21F2N3O2S/c1-28-16-8-11(2-5-15(16)27-13-3-4-13)17-14-6-7-20(21,22)18(14)24-19(23-17)25-9-12(26)10-25/h2,5,8,12-13,26H,3-4,6-7,9-10H2,1H3. The lowest BCUT2D eigenvalue weighted by molar-refractivity contribution is -0.00596. The molecule has 2 aliphatic carbocycles. The maximum absolute atomic E-state index is 14.5. The minimum atomic E-state index is -2.94. The highest BCUT2D eigenvalue weighted by molar-refractivity contribution is 7.98. The van der Waals surface area contributed by atoms with Crippen molar-refractivity contribution in [2.24, 2.45) is 0 Å². The number of rotatable bonds is 5. The maximum Gasteiger partial charge on any atom is 0.290 e. The van der Waals surface area contributed by atoms with Crippen molar-refractivity contribution in [1.29, 1.82) is 0 Å². The molecule has 0 unspecified atom stereocenters. The molecule has 2 heterocycles. The zero-order chi connectivity index (χ0) is 19.5. The third kappa shape index (κ3) is 3.12. The Morgan fingerprint density at radius 2 is 2.04 bits per heavy atom. The fourth-order valence-corrected chi connectivity index (χ4v) is 4.25. The number of aliphatic hydroxyl groups excluding tert-OH is 1. The monoisotopic (exact) mass is 405 g/mol. The molecule has 8 heteroatoms. The average molecular weight is 405 g/mol. The van der Waals surface area contributed by atoms with Crippen LogP contribution in [0, 0.1) is 0 Å². The van der Waals surface area contributed by atoms with Gasteiger partial charge in [-0.05, 0) is 43.7 Å². The number of anilines is 1. The van der Waals surface area contributed by atoms with Gasteiger partial charge in [0.05, 0.1) is 17.9 Å². The Balaban J connectivity index is 1.59. The molecule has 1 saturated heterocycles. The molecule has 0 atom stereocenters. The van der Waals surface area contributed by atoms with Crippen LogP contribution in [0.15, 0.2) is 23.1 Å². The third-order valence-corrected chi connectivity index (χ3v) is 6.19. The summed E-state index contributed by atoms with van der Waals surface area (Å²) >= 11 is 1.57. The molecular formula is C20H21F2N3O2S. The molecule has 1 aliphatic heterocycles. The zero-order valence-electron chi connectivity index (χ0n) is 15.5. The van der Waals surface area contributed by atoms with Gasteiger partial charge in [0.1, 0.15) is 11.4 Å². The Kier molecular flexibility index (Phi) is 4.24. The molecule has 1 N–H and O–H groups in total. The van der Waals surface area contributed by atoms with Gasteiger partial charge in [-0.15, -0.1) is 11.8 Å². The van der Waals surface area contributed by atoms with Gasteiger partial charge in [0.25, 0.3) is 5.92 Å². The number of fused-ring (bicyclic) bond motifs is 1. The summed E-state index contributed by atoms with van der Waals surface area (Å²) < 4.78 is 34.9. The fourth-order valence-electron chi connectivity index (χ4n) is 3.69. The van der Waals surface area contributed by atoms with E-state index in [0.717, 1.165) is 29.1 Å². The van der Waals surface area contributed by atoms with E-state index in [-0.39, 0.29) is 24.5 Å². The van der Waals surface area contributed by atoms with Crippen LogP contribution in [-0.4, -0.2) is 46.6 Å². The summed E-state index contributed by atoms with van der Waals surface area (Å²) in [5.74, 6) is -1.84. The lowest BCUT2D eigenvalue weighted by Crippen LogP contribution is -2.51. The molecule has 1 aromatic carbocycles. The summed E-state index contributed by atoms with van der Waals surface area (Å²) in [4.78, 5) is 11.5. The first-order valence-corrected chi connectivity index (χ1v) is 10.7. The average Bonchev–Trinajstić information content (AvgIpc) is 3.42. The molecule has 0 amide bonds. The normalized spacial score (nSPS) is 20.8. The molecule has 1 saturated carbocycles. The van der Waals surface area contributed by atoms with Gasteiger partial charge >= 0.3 is 0 Å². The van der Waals surface area contributed by atoms with E-state index in [2.05, 4.69) is 9.97 Å². The smallest absolute Gasteiger partial charge is 0.290 e. The quantitative estimate of drug-likeness (QED) is 0.767. The van der Waals surface area contributed by atoms with Crippen molar-refractivity contribution in [1.82, 2.24) is 9.97 Å². The van der Waals surface area contributed by atoms with Crippen molar-refractivity contribution in [3.63, 3.8) is 0 Å². The predicted molar refractivity (Wildman–Crippen MR) is 103 cm³/mol. The Morgan fingerprint density at radius 3 is 2.71 bits per heavy atom. The van der Waals surface area contributed by atoms with E-state index in [1.807, 2.05) is 24.5 Å². The Bertz CT molecular complexity index is 930. The number of aliphatic hydroxyl groups is 1. The number of nitrogens with zero attached hydrogens (tertiary/aromatic N) is 3. The van der Waals surface area contributed by atoms with Gasteiger partial charge in [-0.25, -0.2) is 9.97 Å². The Morgan fingerprint density at radius 1 is 1.25 bits per heavy atom. The molecule has 2 fully saturated rings. The topological polar surface area (TPSA) is 58.5 Å². The molecule has 5 rings (SSSR count). The van der Waals surface area contributed by atoms with E-state index in [1.54, 1.807) is 16.7 Å². The van der Waals surface area contributed by atoms with Gasteiger partial charge in [0, 0.05) is 35.5 Å². The summed E-state index contributed by atoms with van der Waals surface area (Å²) in [5.41, 5.74) is 1.72. The third-order valence-electron chi connectivity index (χ3n) is 5.43. The number of ether oxygens (including phenoxy) is 1. The lowest BCUT2D eigenvalue weighted by atomic mass is 10.0. The van der Waals surface area contributed by atoms with Gasteiger partial charge in [-0.1, -0.05) is 0 Å². The van der Waals surface area contributed by atoms with E-state index < -0.39 is 12.0 Å². The lowest BCUT2D eigenvalue weighted by Gasteiger charge is -2.36. The first-order valence-electron chi connectivity index (χ1n) is 9.52. The van der Waals surface area contributed by atoms with Gasteiger partial charge in [0.15, 0.2) is 0 Å². The molecule has 3 aliphatic rings. The van der Waals surface area contributed by atoms with Crippen LogP contribution in [0.5, 0.6) is 5.75 Å². The van der Waals surface area contributed by atoms with Crippen LogP contribution in [0.2, 0.25) is 0 Å². The van der Waals surface area contributed by atoms with Crippen LogP contribution in [-0.2, 0) is 12.3 Å². The van der Waals surface area contributed by atoms with E-state index in [1.165, 1.54) is 0 Å². The van der Waals surface area contributed by atoms with Crippen molar-refractivity contribution in [3.8, 4) is 17.0 Å². The van der Waals surface area contributed by atoms with Crippen LogP contribution in [0.1, 0.15) is 30.5 Å². The number of aromatic nitrogens is 2. The van der Waals surface area contributed by atoms with Crippen molar-refractivity contribution in [3.05, 3.63) is 29.5 Å². The van der Waals surface area contributed by atoms with Crippen molar-refractivity contribution < 1.29 is 18.6 Å². The Labute approximate surface area is 166 Å². The van der Waals surface area contributed by atoms with Crippen molar-refractivity contribution in [2.75, 3.05) is 24.2 Å². The highest BCUT2D eigenvalue weighted by Gasteiger charge is 2.44. The Hall–Kier alpha value is -1.93. The maximum atomic E-state index is 14.5. The van der Waals surface area contributed by atoms with Gasteiger partial charge in [-0.3, -0.25) is 0 Å². The summed E-state index contributed by atoms with van der Waals surface area (Å²) in [5, 5.41) is 9.58. The molecule has 0 bridgehead atoms. The molecule has 2 aromatic rings. The molecular weight excluding hydrogens is 384 g/mol. The minimum Gasteiger partial charge on any atom is -0.489 e. The van der Waals surface area contributed by atoms with E-state index in [9.17, 15) is 13.9 Å². The van der Waals surface area contributed by atoms with Crippen LogP contribution in [0.3, 0.4) is 0 Å². The number of alkyl halides is 2. The second-order valence-electron chi connectivity index (χ2n) is 7.65. The van der Waals surface area contributed by atoms with E-state index >= 15 is 0 Å². The first-order chi connectivity index (χ1) is 13.4. The van der Waals surface area contributed by atoms with Crippen LogP contribution in [0.25, 0.3) is 11.3 Å². The number of halogens is 2. The summed E-state index contributed by atoms with van der Waals surface area (Å²) in [6, 6.07) is 5.77. The van der Waals surface area contributed by atoms with Gasteiger partial charge in [0.2, 0.25) is 5.95 Å². The first kappa shape index (κ1) is 18.1. The second kappa shape index (κ2) is 6.56. The molecule has 148 valence electrons. The number of thioether (sulfide) groups is 1. The molecule has 5 nitrogen and oxygen atoms in total. The summed E-state index contributed by atoms with van der Waals surface area (Å²) in [6.07, 6.45) is 3.99. The van der Waals surface area contributed by atoms with Crippen molar-refractivity contribution in [2.45, 2.75) is 48.7 Å². The molecule has 0 spiro atoms. The van der Waals surface area contributed by atoms with Gasteiger partial charge < -0.3 is 14.7 Å². The predicted octanol–water partition coefficient (Wildman–Crippen LogP) is 3.63. The molecule has 28 heavy (non-hydrogen) atoms. The van der Waals surface area contributed by atoms with Crippen molar-refractivity contribution >= 4 is 17.7 Å². The molecule has 1 aromatic heterocycles. The summed E-state index contributed by atoms with van der Waals surface area (Å²) in [7, 11) is 0. The van der Waals surface area contributed by atoms with E-state index in [4.69, 9.17) is 4.74 Å². The number of hydrogen-bond acceptors (Lipinski definition) is 6. The van der Waals surface area contributed by atoms with Crippen LogP contribution in [0.4, 0.5) is 14.7 Å². The zero-order valence-corrected chi connectivity index (χ0v) is 16.3. The highest BCUT2D eigenvalue weighted by atomic mass is 32.2. The number of benzene rings is 1. The van der Waals surface area contributed by atoms with Crippen LogP contribution < -0.4 is 9.64 Å². The molecule has 0 radical (unpaired) electrons. The number of hydrogen-bond donors (Lipinski definition) is 1. The summed E-state index contributed by atoms with van der Waals surface area (Å²) in [6.45, 7) is 0.738. The fraction of sp³-hybridized carbons (Fsp3) is 0.500. The second-order valence-corrected chi connectivity index (χ2v) is 8.49. The minimum absolute atomic E-state index is 0.169. The SMILES string of the molecule is CSc1cc(-c2nc(N3CC(O)C3)nc3c2CCC3(F)F)ccc1OC1CC1. The van der Waals surface area contributed by atoms with Crippen LogP contribution >= 0.6 is 11.8 Å². The van der Waals surface area contributed by atoms with E-state index in [0.29, 0.717) is 30.5 Å². The van der Waals surface area contributed by atoms with Gasteiger partial charge in [-0.2, -0.15) is 8.78 Å². The number of β-amino-alcohol motifs (C(OH)–C–C–N with tert-alkyl or cyclic N) is 1.